The molecule has 0 spiro atoms. The van der Waals surface area contributed by atoms with Crippen LogP contribution in [0.2, 0.25) is 5.02 Å². The van der Waals surface area contributed by atoms with E-state index in [0.717, 1.165) is 38.6 Å². The van der Waals surface area contributed by atoms with Crippen molar-refractivity contribution < 1.29 is 4.79 Å². The van der Waals surface area contributed by atoms with Crippen molar-refractivity contribution in [2.75, 3.05) is 32.1 Å². The molecule has 1 amide bonds. The number of thiazole rings is 1. The van der Waals surface area contributed by atoms with Gasteiger partial charge < -0.3 is 4.90 Å². The second-order valence-electron chi connectivity index (χ2n) is 7.51. The molecule has 0 atom stereocenters. The van der Waals surface area contributed by atoms with E-state index in [4.69, 9.17) is 16.6 Å². The number of carbonyl (C=O) groups excluding carboxylic acids is 1. The fourth-order valence-corrected chi connectivity index (χ4v) is 4.65. The van der Waals surface area contributed by atoms with E-state index in [1.807, 2.05) is 37.2 Å². The summed E-state index contributed by atoms with van der Waals surface area (Å²) in [7, 11) is 4.02. The van der Waals surface area contributed by atoms with Gasteiger partial charge in [0.25, 0.3) is 0 Å². The highest BCUT2D eigenvalue weighted by molar-refractivity contribution is 7.22. The first-order chi connectivity index (χ1) is 13.2. The lowest BCUT2D eigenvalue weighted by molar-refractivity contribution is -0.118. The van der Waals surface area contributed by atoms with Gasteiger partial charge in [-0.1, -0.05) is 40.6 Å². The van der Waals surface area contributed by atoms with Crippen LogP contribution in [0.1, 0.15) is 22.3 Å². The second-order valence-corrected chi connectivity index (χ2v) is 8.96. The zero-order valence-corrected chi connectivity index (χ0v) is 18.6. The Morgan fingerprint density at radius 1 is 1.07 bits per heavy atom. The minimum Gasteiger partial charge on any atom is -0.308 e. The zero-order chi connectivity index (χ0) is 20.4. The van der Waals surface area contributed by atoms with Crippen LogP contribution in [0.3, 0.4) is 0 Å². The fraction of sp³-hybridized carbons (Fsp3) is 0.364. The maximum Gasteiger partial charge on any atom is 0.233 e. The zero-order valence-electron chi connectivity index (χ0n) is 17.0. The van der Waals surface area contributed by atoms with E-state index in [9.17, 15) is 4.79 Å². The first kappa shape index (κ1) is 20.8. The number of carbonyl (C=O) groups is 1. The van der Waals surface area contributed by atoms with Gasteiger partial charge in [0.05, 0.1) is 16.6 Å². The van der Waals surface area contributed by atoms with Crippen LogP contribution in [-0.4, -0.2) is 43.0 Å². The number of halogens is 1. The third-order valence-corrected chi connectivity index (χ3v) is 6.09. The van der Waals surface area contributed by atoms with Gasteiger partial charge in [0.1, 0.15) is 0 Å². The highest BCUT2D eigenvalue weighted by Gasteiger charge is 2.21. The molecule has 3 rings (SSSR count). The highest BCUT2D eigenvalue weighted by Crippen LogP contribution is 2.31. The third kappa shape index (κ3) is 4.72. The highest BCUT2D eigenvalue weighted by atomic mass is 35.5. The molecule has 2 aromatic carbocycles. The monoisotopic (exact) mass is 415 g/mol. The van der Waals surface area contributed by atoms with Gasteiger partial charge in [-0.05, 0) is 69.8 Å². The number of amides is 1. The number of hydrogen-bond acceptors (Lipinski definition) is 4. The lowest BCUT2D eigenvalue weighted by Crippen LogP contribution is -2.37. The van der Waals surface area contributed by atoms with E-state index >= 15 is 0 Å². The maximum atomic E-state index is 13.3. The molecule has 6 heteroatoms. The van der Waals surface area contributed by atoms with Crippen LogP contribution < -0.4 is 4.90 Å². The number of nitrogens with zero attached hydrogens (tertiary/aromatic N) is 3. The van der Waals surface area contributed by atoms with E-state index in [1.54, 1.807) is 0 Å². The van der Waals surface area contributed by atoms with E-state index in [1.165, 1.54) is 16.9 Å². The van der Waals surface area contributed by atoms with Gasteiger partial charge in [-0.2, -0.15) is 0 Å². The Kier molecular flexibility index (Phi) is 6.38. The predicted molar refractivity (Wildman–Crippen MR) is 120 cm³/mol. The van der Waals surface area contributed by atoms with Crippen molar-refractivity contribution in [3.8, 4) is 0 Å². The van der Waals surface area contributed by atoms with Gasteiger partial charge in [0.15, 0.2) is 5.13 Å². The standard InChI is InChI=1S/C22H26ClN3OS/c1-14-10-15(2)18(16(3)11-14)13-21(27)26(9-8-25(4)5)22-24-19-7-6-17(23)12-20(19)28-22/h6-7,10-12H,8-9,13H2,1-5H3. The van der Waals surface area contributed by atoms with Crippen LogP contribution in [0.4, 0.5) is 5.13 Å². The minimum atomic E-state index is 0.0713. The maximum absolute atomic E-state index is 13.3. The Balaban J connectivity index is 1.93. The summed E-state index contributed by atoms with van der Waals surface area (Å²) in [6.07, 6.45) is 0.377. The number of likely N-dealkylation sites (N-methyl/N-ethyl adjacent to an activating group) is 1. The Hall–Kier alpha value is -1.95. The molecule has 0 saturated heterocycles. The largest absolute Gasteiger partial charge is 0.308 e. The number of anilines is 1. The normalized spacial score (nSPS) is 11.4. The SMILES string of the molecule is Cc1cc(C)c(CC(=O)N(CCN(C)C)c2nc3ccc(Cl)cc3s2)c(C)c1. The van der Waals surface area contributed by atoms with Crippen LogP contribution in [0.25, 0.3) is 10.2 Å². The number of aromatic nitrogens is 1. The van der Waals surface area contributed by atoms with Gasteiger partial charge >= 0.3 is 0 Å². The molecule has 1 heterocycles. The van der Waals surface area contributed by atoms with Gasteiger partial charge in [-0.25, -0.2) is 4.98 Å². The molecule has 28 heavy (non-hydrogen) atoms. The quantitative estimate of drug-likeness (QED) is 0.567. The van der Waals surface area contributed by atoms with Gasteiger partial charge in [-0.15, -0.1) is 0 Å². The van der Waals surface area contributed by atoms with Crippen molar-refractivity contribution in [1.82, 2.24) is 9.88 Å². The molecule has 0 N–H and O–H groups in total. The molecule has 0 aliphatic carbocycles. The Bertz CT molecular complexity index is 989. The first-order valence-electron chi connectivity index (χ1n) is 9.32. The molecule has 0 fully saturated rings. The Labute approximate surface area is 175 Å². The molecular weight excluding hydrogens is 390 g/mol. The van der Waals surface area contributed by atoms with Crippen molar-refractivity contribution in [3.63, 3.8) is 0 Å². The fourth-order valence-electron chi connectivity index (χ4n) is 3.36. The molecule has 0 unspecified atom stereocenters. The first-order valence-corrected chi connectivity index (χ1v) is 10.5. The van der Waals surface area contributed by atoms with Crippen LogP contribution in [0.15, 0.2) is 30.3 Å². The molecule has 0 aliphatic heterocycles. The number of hydrogen-bond donors (Lipinski definition) is 0. The summed E-state index contributed by atoms with van der Waals surface area (Å²) < 4.78 is 0.993. The summed E-state index contributed by atoms with van der Waals surface area (Å²) in [5.41, 5.74) is 5.52. The predicted octanol–water partition coefficient (Wildman–Crippen LogP) is 5.01. The number of fused-ring (bicyclic) bond motifs is 1. The molecule has 4 nitrogen and oxygen atoms in total. The number of benzene rings is 2. The molecule has 3 aromatic rings. The van der Waals surface area contributed by atoms with E-state index in [-0.39, 0.29) is 5.91 Å². The van der Waals surface area contributed by atoms with Gasteiger partial charge in [-0.3, -0.25) is 9.69 Å². The molecular formula is C22H26ClN3OS. The molecule has 148 valence electrons. The van der Waals surface area contributed by atoms with Gasteiger partial charge in [0.2, 0.25) is 5.91 Å². The number of rotatable bonds is 6. The van der Waals surface area contributed by atoms with Crippen molar-refractivity contribution in [3.05, 3.63) is 57.6 Å². The summed E-state index contributed by atoms with van der Waals surface area (Å²) in [5, 5.41) is 1.41. The average Bonchev–Trinajstić information content (AvgIpc) is 3.00. The topological polar surface area (TPSA) is 36.4 Å². The third-order valence-electron chi connectivity index (χ3n) is 4.81. The molecule has 0 radical (unpaired) electrons. The smallest absolute Gasteiger partial charge is 0.233 e. The van der Waals surface area contributed by atoms with Crippen LogP contribution >= 0.6 is 22.9 Å². The van der Waals surface area contributed by atoms with Crippen molar-refractivity contribution in [1.29, 1.82) is 0 Å². The summed E-state index contributed by atoms with van der Waals surface area (Å²) in [6.45, 7) is 7.61. The Morgan fingerprint density at radius 2 is 1.75 bits per heavy atom. The molecule has 1 aromatic heterocycles. The summed E-state index contributed by atoms with van der Waals surface area (Å²) in [6, 6.07) is 9.92. The van der Waals surface area contributed by atoms with Crippen molar-refractivity contribution >= 4 is 44.2 Å². The van der Waals surface area contributed by atoms with E-state index in [0.29, 0.717) is 18.0 Å². The van der Waals surface area contributed by atoms with Crippen LogP contribution in [-0.2, 0) is 11.2 Å². The van der Waals surface area contributed by atoms with Crippen molar-refractivity contribution in [2.45, 2.75) is 27.2 Å². The van der Waals surface area contributed by atoms with Crippen LogP contribution in [0.5, 0.6) is 0 Å². The van der Waals surface area contributed by atoms with Crippen molar-refractivity contribution in [2.24, 2.45) is 0 Å². The van der Waals surface area contributed by atoms with Gasteiger partial charge in [0, 0.05) is 18.1 Å². The van der Waals surface area contributed by atoms with Crippen LogP contribution in [0, 0.1) is 20.8 Å². The lowest BCUT2D eigenvalue weighted by Gasteiger charge is -2.23. The number of aryl methyl sites for hydroxylation is 3. The van der Waals surface area contributed by atoms with E-state index < -0.39 is 0 Å². The molecule has 0 saturated carbocycles. The lowest BCUT2D eigenvalue weighted by atomic mass is 9.97. The summed E-state index contributed by atoms with van der Waals surface area (Å²) >= 11 is 7.63. The second kappa shape index (κ2) is 8.60. The average molecular weight is 416 g/mol. The summed E-state index contributed by atoms with van der Waals surface area (Å²) in [4.78, 5) is 21.9. The molecule has 0 aliphatic rings. The van der Waals surface area contributed by atoms with E-state index in [2.05, 4.69) is 37.8 Å². The summed E-state index contributed by atoms with van der Waals surface area (Å²) in [5.74, 6) is 0.0713. The minimum absolute atomic E-state index is 0.0713. The Morgan fingerprint density at radius 3 is 2.39 bits per heavy atom. The molecule has 0 bridgehead atoms.